The Morgan fingerprint density at radius 3 is 2.78 bits per heavy atom. The van der Waals surface area contributed by atoms with Crippen molar-refractivity contribution in [2.75, 3.05) is 49.8 Å². The number of nitrogens with zero attached hydrogens (tertiary/aromatic N) is 5. The quantitative estimate of drug-likeness (QED) is 0.355. The molecule has 0 spiro atoms. The Hall–Kier alpha value is -3.57. The van der Waals surface area contributed by atoms with Gasteiger partial charge in [-0.05, 0) is 38.9 Å². The number of amides is 1. The van der Waals surface area contributed by atoms with Crippen molar-refractivity contribution in [1.82, 2.24) is 24.5 Å². The summed E-state index contributed by atoms with van der Waals surface area (Å²) < 4.78 is 22.3. The molecule has 1 fully saturated rings. The van der Waals surface area contributed by atoms with E-state index < -0.39 is 5.82 Å². The highest BCUT2D eigenvalue weighted by molar-refractivity contribution is 5.99. The molecule has 198 valence electrons. The maximum atomic E-state index is 15.2. The number of aromatic nitrogens is 4. The van der Waals surface area contributed by atoms with Crippen LogP contribution >= 0.6 is 0 Å². The number of nitrogens with one attached hydrogen (secondary N) is 3. The van der Waals surface area contributed by atoms with Crippen LogP contribution in [-0.2, 0) is 16.1 Å². The first-order chi connectivity index (χ1) is 17.8. The fraction of sp³-hybridized carbons (Fsp3) is 0.462. The Labute approximate surface area is 216 Å². The molecular formula is C26H35FN8O2. The minimum absolute atomic E-state index is 0.120. The molecule has 0 saturated carbocycles. The molecule has 0 aliphatic carbocycles. The number of rotatable bonds is 10. The van der Waals surface area contributed by atoms with Gasteiger partial charge >= 0.3 is 0 Å². The third kappa shape index (κ3) is 6.80. The second kappa shape index (κ2) is 12.1. The first-order valence-electron chi connectivity index (χ1n) is 12.5. The number of carbonyl (C=O) groups excluding carboxylic acids is 1. The standard InChI is InChI=1S/C26H35FN8O2/c1-17(2)20-16-29-35-24(20)32-25(30-19-10-13-37-14-11-19)33-26(35)28-15-18-7-5-8-21(23(18)27)31-22(36)9-6-12-34(3)4/h5-9,16-17,19H,10-15H2,1-4H3,(H,31,36)(H2,28,30,32,33)/b9-6+. The maximum Gasteiger partial charge on any atom is 0.248 e. The average Bonchev–Trinajstić information content (AvgIpc) is 3.29. The first kappa shape index (κ1) is 26.5. The van der Waals surface area contributed by atoms with E-state index in [9.17, 15) is 4.79 Å². The zero-order chi connectivity index (χ0) is 26.4. The predicted molar refractivity (Wildman–Crippen MR) is 142 cm³/mol. The average molecular weight is 511 g/mol. The number of hydrogen-bond donors (Lipinski definition) is 3. The largest absolute Gasteiger partial charge is 0.381 e. The number of anilines is 3. The summed E-state index contributed by atoms with van der Waals surface area (Å²) in [5.74, 6) is 0.284. The first-order valence-corrected chi connectivity index (χ1v) is 12.5. The van der Waals surface area contributed by atoms with E-state index >= 15 is 4.39 Å². The lowest BCUT2D eigenvalue weighted by Gasteiger charge is -2.23. The molecule has 1 saturated heterocycles. The van der Waals surface area contributed by atoms with Crippen molar-refractivity contribution in [3.05, 3.63) is 53.5 Å². The van der Waals surface area contributed by atoms with Crippen molar-refractivity contribution in [2.45, 2.75) is 45.2 Å². The van der Waals surface area contributed by atoms with E-state index in [1.165, 1.54) is 12.1 Å². The minimum Gasteiger partial charge on any atom is -0.381 e. The smallest absolute Gasteiger partial charge is 0.248 e. The molecule has 10 nitrogen and oxygen atoms in total. The van der Waals surface area contributed by atoms with Crippen LogP contribution in [0.25, 0.3) is 5.65 Å². The molecule has 0 bridgehead atoms. The zero-order valence-corrected chi connectivity index (χ0v) is 21.8. The third-order valence-corrected chi connectivity index (χ3v) is 6.09. The molecule has 0 radical (unpaired) electrons. The highest BCUT2D eigenvalue weighted by atomic mass is 19.1. The molecule has 3 heterocycles. The number of likely N-dealkylation sites (N-methyl/N-ethyl adjacent to an activating group) is 1. The van der Waals surface area contributed by atoms with E-state index in [1.807, 2.05) is 19.0 Å². The van der Waals surface area contributed by atoms with Crippen LogP contribution in [-0.4, -0.2) is 70.3 Å². The Balaban J connectivity index is 1.54. The minimum atomic E-state index is -0.501. The van der Waals surface area contributed by atoms with Crippen LogP contribution in [0.15, 0.2) is 36.5 Å². The topological polar surface area (TPSA) is 109 Å². The van der Waals surface area contributed by atoms with E-state index in [0.29, 0.717) is 42.9 Å². The van der Waals surface area contributed by atoms with Crippen LogP contribution in [0.5, 0.6) is 0 Å². The van der Waals surface area contributed by atoms with Gasteiger partial charge in [0.1, 0.15) is 0 Å². The van der Waals surface area contributed by atoms with Crippen molar-refractivity contribution >= 4 is 29.1 Å². The summed E-state index contributed by atoms with van der Waals surface area (Å²) in [7, 11) is 3.81. The highest BCUT2D eigenvalue weighted by Gasteiger charge is 2.19. The molecule has 1 aromatic carbocycles. The summed E-state index contributed by atoms with van der Waals surface area (Å²) in [5, 5.41) is 13.7. The van der Waals surface area contributed by atoms with Gasteiger partial charge in [0.25, 0.3) is 0 Å². The van der Waals surface area contributed by atoms with E-state index in [2.05, 4.69) is 39.9 Å². The zero-order valence-electron chi connectivity index (χ0n) is 21.8. The normalized spacial score (nSPS) is 14.7. The molecule has 1 amide bonds. The molecule has 3 aromatic rings. The molecule has 11 heteroatoms. The van der Waals surface area contributed by atoms with Crippen LogP contribution in [0.2, 0.25) is 0 Å². The number of halogens is 1. The van der Waals surface area contributed by atoms with Crippen LogP contribution in [0.1, 0.15) is 43.7 Å². The SMILES string of the molecule is CC(C)c1cnn2c(NCc3cccc(NC(=O)/C=C/CN(C)C)c3F)nc(NC3CCOCC3)nc12. The summed E-state index contributed by atoms with van der Waals surface area (Å²) >= 11 is 0. The predicted octanol–water partition coefficient (Wildman–Crippen LogP) is 3.65. The number of carbonyl (C=O) groups is 1. The number of fused-ring (bicyclic) bond motifs is 1. The fourth-order valence-electron chi connectivity index (χ4n) is 4.04. The van der Waals surface area contributed by atoms with Gasteiger partial charge < -0.3 is 25.6 Å². The second-order valence-corrected chi connectivity index (χ2v) is 9.68. The Morgan fingerprint density at radius 1 is 1.27 bits per heavy atom. The van der Waals surface area contributed by atoms with Crippen molar-refractivity contribution in [3.63, 3.8) is 0 Å². The summed E-state index contributed by atoms with van der Waals surface area (Å²) in [6.07, 6.45) is 6.67. The number of ether oxygens (including phenoxy) is 1. The van der Waals surface area contributed by atoms with Gasteiger partial charge in [0, 0.05) is 49.5 Å². The van der Waals surface area contributed by atoms with E-state index in [0.717, 1.165) is 18.4 Å². The van der Waals surface area contributed by atoms with Gasteiger partial charge in [0.15, 0.2) is 11.5 Å². The number of benzene rings is 1. The van der Waals surface area contributed by atoms with Crippen LogP contribution in [0.3, 0.4) is 0 Å². The van der Waals surface area contributed by atoms with Crippen LogP contribution < -0.4 is 16.0 Å². The Kier molecular flexibility index (Phi) is 8.67. The number of hydrogen-bond acceptors (Lipinski definition) is 8. The molecule has 1 aliphatic heterocycles. The van der Waals surface area contributed by atoms with Crippen LogP contribution in [0.4, 0.5) is 22.0 Å². The lowest BCUT2D eigenvalue weighted by molar-refractivity contribution is -0.111. The molecule has 1 aliphatic rings. The second-order valence-electron chi connectivity index (χ2n) is 9.68. The lowest BCUT2D eigenvalue weighted by atomic mass is 10.1. The van der Waals surface area contributed by atoms with E-state index in [-0.39, 0.29) is 30.1 Å². The van der Waals surface area contributed by atoms with Crippen molar-refractivity contribution in [1.29, 1.82) is 0 Å². The van der Waals surface area contributed by atoms with Gasteiger partial charge in [-0.1, -0.05) is 32.1 Å². The third-order valence-electron chi connectivity index (χ3n) is 6.09. The van der Waals surface area contributed by atoms with Gasteiger partial charge in [-0.3, -0.25) is 4.79 Å². The fourth-order valence-corrected chi connectivity index (χ4v) is 4.04. The van der Waals surface area contributed by atoms with Gasteiger partial charge in [-0.2, -0.15) is 19.6 Å². The highest BCUT2D eigenvalue weighted by Crippen LogP contribution is 2.24. The Bertz CT molecular complexity index is 1250. The summed E-state index contributed by atoms with van der Waals surface area (Å²) in [6.45, 7) is 6.33. The monoisotopic (exact) mass is 510 g/mol. The molecule has 2 aromatic heterocycles. The van der Waals surface area contributed by atoms with Crippen molar-refractivity contribution < 1.29 is 13.9 Å². The van der Waals surface area contributed by atoms with E-state index in [1.54, 1.807) is 28.9 Å². The molecule has 3 N–H and O–H groups in total. The van der Waals surface area contributed by atoms with E-state index in [4.69, 9.17) is 9.72 Å². The molecule has 0 atom stereocenters. The molecule has 37 heavy (non-hydrogen) atoms. The van der Waals surface area contributed by atoms with Crippen LogP contribution in [0, 0.1) is 5.82 Å². The van der Waals surface area contributed by atoms with Gasteiger partial charge in [0.05, 0.1) is 11.9 Å². The summed E-state index contributed by atoms with van der Waals surface area (Å²) in [5.41, 5.74) is 2.21. The van der Waals surface area contributed by atoms with Crippen molar-refractivity contribution in [2.24, 2.45) is 0 Å². The molecule has 4 rings (SSSR count). The molecule has 0 unspecified atom stereocenters. The van der Waals surface area contributed by atoms with Gasteiger partial charge in [-0.15, -0.1) is 0 Å². The summed E-state index contributed by atoms with van der Waals surface area (Å²) in [4.78, 5) is 23.5. The maximum absolute atomic E-state index is 15.2. The van der Waals surface area contributed by atoms with Gasteiger partial charge in [0.2, 0.25) is 17.8 Å². The van der Waals surface area contributed by atoms with Crippen molar-refractivity contribution in [3.8, 4) is 0 Å². The molecular weight excluding hydrogens is 475 g/mol. The lowest BCUT2D eigenvalue weighted by Crippen LogP contribution is -2.29. The Morgan fingerprint density at radius 2 is 2.05 bits per heavy atom. The van der Waals surface area contributed by atoms with Gasteiger partial charge in [-0.25, -0.2) is 4.39 Å². The summed E-state index contributed by atoms with van der Waals surface area (Å²) in [6, 6.07) is 5.14.